The second kappa shape index (κ2) is 3.19. The van der Waals surface area contributed by atoms with Crippen molar-refractivity contribution in [2.75, 3.05) is 13.2 Å². The van der Waals surface area contributed by atoms with E-state index in [0.29, 0.717) is 18.7 Å². The highest BCUT2D eigenvalue weighted by atomic mass is 16.6. The zero-order valence-corrected chi connectivity index (χ0v) is 9.18. The average Bonchev–Trinajstić information content (AvgIpc) is 2.78. The Morgan fingerprint density at radius 3 is 3.00 bits per heavy atom. The van der Waals surface area contributed by atoms with Gasteiger partial charge in [0.2, 0.25) is 0 Å². The number of likely N-dealkylation sites (N-methyl/N-ethyl adjacent to an activating group) is 1. The largest absolute Gasteiger partial charge is 0.458 e. The fourth-order valence-electron chi connectivity index (χ4n) is 3.58. The zero-order chi connectivity index (χ0) is 10.6. The number of esters is 1. The number of hydrogen-bond donors (Lipinski definition) is 0. The lowest BCUT2D eigenvalue weighted by atomic mass is 9.88. The molecule has 0 aliphatic carbocycles. The van der Waals surface area contributed by atoms with Crippen molar-refractivity contribution in [2.24, 2.45) is 5.92 Å². The van der Waals surface area contributed by atoms with E-state index in [0.717, 1.165) is 13.0 Å². The number of hydrogen-bond acceptors (Lipinski definition) is 4. The molecule has 3 aliphatic rings. The van der Waals surface area contributed by atoms with Crippen LogP contribution >= 0.6 is 0 Å². The lowest BCUT2D eigenvalue weighted by Crippen LogP contribution is -2.38. The van der Waals surface area contributed by atoms with Crippen molar-refractivity contribution < 1.29 is 14.3 Å². The van der Waals surface area contributed by atoms with Gasteiger partial charge in [-0.3, -0.25) is 9.69 Å². The van der Waals surface area contributed by atoms with Crippen LogP contribution < -0.4 is 0 Å². The molecule has 0 aromatic rings. The van der Waals surface area contributed by atoms with E-state index >= 15 is 0 Å². The Balaban J connectivity index is 1.90. The van der Waals surface area contributed by atoms with Crippen LogP contribution in [-0.2, 0) is 14.3 Å². The number of carbonyl (C=O) groups is 1. The summed E-state index contributed by atoms with van der Waals surface area (Å²) in [4.78, 5) is 14.0. The maximum Gasteiger partial charge on any atom is 0.311 e. The first kappa shape index (κ1) is 9.60. The van der Waals surface area contributed by atoms with E-state index in [1.165, 1.54) is 0 Å². The molecule has 3 rings (SSSR count). The van der Waals surface area contributed by atoms with Gasteiger partial charge in [0.1, 0.15) is 12.2 Å². The van der Waals surface area contributed by atoms with Crippen molar-refractivity contribution in [1.82, 2.24) is 4.90 Å². The van der Waals surface area contributed by atoms with Crippen molar-refractivity contribution in [3.8, 4) is 0 Å². The average molecular weight is 211 g/mol. The van der Waals surface area contributed by atoms with E-state index < -0.39 is 0 Å². The molecule has 3 fully saturated rings. The summed E-state index contributed by atoms with van der Waals surface area (Å²) in [7, 11) is 0. The molecule has 5 unspecified atom stereocenters. The lowest BCUT2D eigenvalue weighted by molar-refractivity contribution is -0.146. The predicted octanol–water partition coefficient (Wildman–Crippen LogP) is 0.409. The quantitative estimate of drug-likeness (QED) is 0.634. The summed E-state index contributed by atoms with van der Waals surface area (Å²) in [5.74, 6) is 0.116. The highest BCUT2D eigenvalue weighted by molar-refractivity contribution is 5.77. The summed E-state index contributed by atoms with van der Waals surface area (Å²) >= 11 is 0. The van der Waals surface area contributed by atoms with E-state index in [9.17, 15) is 4.79 Å². The molecule has 0 spiro atoms. The van der Waals surface area contributed by atoms with Crippen LogP contribution in [0.5, 0.6) is 0 Å². The van der Waals surface area contributed by atoms with E-state index in [1.54, 1.807) is 0 Å². The van der Waals surface area contributed by atoms with E-state index in [-0.39, 0.29) is 24.1 Å². The van der Waals surface area contributed by atoms with Crippen molar-refractivity contribution >= 4 is 5.97 Å². The molecule has 3 aliphatic heterocycles. The van der Waals surface area contributed by atoms with Gasteiger partial charge in [0.05, 0.1) is 12.0 Å². The molecule has 4 nitrogen and oxygen atoms in total. The van der Waals surface area contributed by atoms with Crippen molar-refractivity contribution in [1.29, 1.82) is 0 Å². The summed E-state index contributed by atoms with van der Waals surface area (Å²) in [5, 5.41) is 0. The third-order valence-corrected chi connectivity index (χ3v) is 4.04. The zero-order valence-electron chi connectivity index (χ0n) is 9.18. The Hall–Kier alpha value is -0.610. The van der Waals surface area contributed by atoms with Gasteiger partial charge in [0.15, 0.2) is 0 Å². The van der Waals surface area contributed by atoms with Crippen LogP contribution in [0.4, 0.5) is 0 Å². The Labute approximate surface area is 89.5 Å². The van der Waals surface area contributed by atoms with E-state index in [1.807, 2.05) is 6.92 Å². The molecule has 3 heterocycles. The molecular weight excluding hydrogens is 194 g/mol. The van der Waals surface area contributed by atoms with Gasteiger partial charge in [-0.2, -0.15) is 0 Å². The molecule has 84 valence electrons. The first-order valence-electron chi connectivity index (χ1n) is 5.85. The topological polar surface area (TPSA) is 38.8 Å². The van der Waals surface area contributed by atoms with Crippen molar-refractivity contribution in [2.45, 2.75) is 44.6 Å². The second-order valence-corrected chi connectivity index (χ2v) is 4.55. The van der Waals surface area contributed by atoms with Gasteiger partial charge >= 0.3 is 5.97 Å². The van der Waals surface area contributed by atoms with Crippen LogP contribution in [0.25, 0.3) is 0 Å². The van der Waals surface area contributed by atoms with Crippen LogP contribution in [0.2, 0.25) is 0 Å². The third kappa shape index (κ3) is 1.06. The highest BCUT2D eigenvalue weighted by Crippen LogP contribution is 2.49. The molecular formula is C11H17NO3. The van der Waals surface area contributed by atoms with Gasteiger partial charge in [-0.25, -0.2) is 0 Å². The minimum absolute atomic E-state index is 0.00106. The molecule has 15 heavy (non-hydrogen) atoms. The summed E-state index contributed by atoms with van der Waals surface area (Å²) in [6.45, 7) is 5.83. The minimum atomic E-state index is -0.00634. The van der Waals surface area contributed by atoms with Crippen LogP contribution in [0.1, 0.15) is 20.3 Å². The number of carbonyl (C=O) groups excluding carboxylic acids is 1. The van der Waals surface area contributed by atoms with Gasteiger partial charge in [-0.1, -0.05) is 6.92 Å². The summed E-state index contributed by atoms with van der Waals surface area (Å²) in [6.07, 6.45) is 1.04. The highest BCUT2D eigenvalue weighted by Gasteiger charge is 2.65. The molecule has 0 N–H and O–H groups in total. The van der Waals surface area contributed by atoms with Gasteiger partial charge in [-0.05, 0) is 19.9 Å². The molecule has 0 amide bonds. The SMILES string of the molecule is CCOC1C2OC(=O)C3CC1N(CC)C32. The van der Waals surface area contributed by atoms with Gasteiger partial charge in [0, 0.05) is 12.6 Å². The Kier molecular flexibility index (Phi) is 2.04. The normalized spacial score (nSPS) is 47.6. The third-order valence-electron chi connectivity index (χ3n) is 4.04. The van der Waals surface area contributed by atoms with Crippen molar-refractivity contribution in [3.05, 3.63) is 0 Å². The number of fused-ring (bicyclic) bond motifs is 1. The van der Waals surface area contributed by atoms with Gasteiger partial charge in [0.25, 0.3) is 0 Å². The second-order valence-electron chi connectivity index (χ2n) is 4.55. The Bertz CT molecular complexity index is 294. The molecule has 4 heteroatoms. The van der Waals surface area contributed by atoms with Gasteiger partial charge < -0.3 is 9.47 Å². The van der Waals surface area contributed by atoms with Crippen LogP contribution in [-0.4, -0.2) is 48.3 Å². The van der Waals surface area contributed by atoms with Crippen LogP contribution in [0, 0.1) is 5.92 Å². The fourth-order valence-corrected chi connectivity index (χ4v) is 3.58. The van der Waals surface area contributed by atoms with Crippen LogP contribution in [0.3, 0.4) is 0 Å². The van der Waals surface area contributed by atoms with E-state index in [4.69, 9.17) is 9.47 Å². The molecule has 0 saturated carbocycles. The monoisotopic (exact) mass is 211 g/mol. The first-order chi connectivity index (χ1) is 7.27. The molecule has 2 bridgehead atoms. The summed E-state index contributed by atoms with van der Waals surface area (Å²) in [5.41, 5.74) is 0. The molecule has 0 aromatic heterocycles. The fraction of sp³-hybridized carbons (Fsp3) is 0.909. The minimum Gasteiger partial charge on any atom is -0.458 e. The van der Waals surface area contributed by atoms with Gasteiger partial charge in [-0.15, -0.1) is 0 Å². The first-order valence-corrected chi connectivity index (χ1v) is 5.85. The van der Waals surface area contributed by atoms with Crippen LogP contribution in [0.15, 0.2) is 0 Å². The molecule has 3 saturated heterocycles. The number of rotatable bonds is 3. The predicted molar refractivity (Wildman–Crippen MR) is 53.4 cm³/mol. The smallest absolute Gasteiger partial charge is 0.311 e. The molecule has 5 atom stereocenters. The lowest BCUT2D eigenvalue weighted by Gasteiger charge is -2.23. The Morgan fingerprint density at radius 2 is 2.33 bits per heavy atom. The summed E-state index contributed by atoms with van der Waals surface area (Å²) in [6, 6.07) is 0.699. The number of ether oxygens (including phenoxy) is 2. The summed E-state index contributed by atoms with van der Waals surface area (Å²) < 4.78 is 11.2. The maximum absolute atomic E-state index is 11.6. The maximum atomic E-state index is 11.6. The number of nitrogens with zero attached hydrogens (tertiary/aromatic N) is 1. The standard InChI is InChI=1S/C11H17NO3/c1-3-12-7-5-6-8(12)10(15-11(6)13)9(7)14-4-2/h6-10H,3-5H2,1-2H3. The van der Waals surface area contributed by atoms with E-state index in [2.05, 4.69) is 11.8 Å². The molecule has 0 radical (unpaired) electrons. The molecule has 0 aromatic carbocycles. The Morgan fingerprint density at radius 1 is 1.53 bits per heavy atom. The van der Waals surface area contributed by atoms with Crippen molar-refractivity contribution in [3.63, 3.8) is 0 Å².